The van der Waals surface area contributed by atoms with Crippen molar-refractivity contribution in [1.82, 2.24) is 10.6 Å². The van der Waals surface area contributed by atoms with Crippen LogP contribution < -0.4 is 10.6 Å². The lowest BCUT2D eigenvalue weighted by molar-refractivity contribution is -0.147. The first-order valence-electron chi connectivity index (χ1n) is 6.26. The van der Waals surface area contributed by atoms with E-state index in [2.05, 4.69) is 24.5 Å². The summed E-state index contributed by atoms with van der Waals surface area (Å²) in [5.74, 6) is -0.667. The van der Waals surface area contributed by atoms with E-state index in [9.17, 15) is 9.59 Å². The monoisotopic (exact) mass is 260 g/mol. The van der Waals surface area contributed by atoms with Crippen LogP contribution in [0.1, 0.15) is 33.6 Å². The minimum atomic E-state index is -1.09. The molecule has 0 spiro atoms. The summed E-state index contributed by atoms with van der Waals surface area (Å²) in [6, 6.07) is -0.302. The molecule has 0 radical (unpaired) electrons. The molecular weight excluding hydrogens is 236 g/mol. The largest absolute Gasteiger partial charge is 0.479 e. The number of carbonyl (C=O) groups excluding carboxylic acids is 1. The van der Waals surface area contributed by atoms with E-state index in [0.717, 1.165) is 12.8 Å². The molecule has 0 heterocycles. The molecule has 18 heavy (non-hydrogen) atoms. The number of carboxylic acids is 1. The third kappa shape index (κ3) is 5.86. The predicted molar refractivity (Wildman–Crippen MR) is 68.5 cm³/mol. The molecule has 0 aromatic rings. The molecule has 2 unspecified atom stereocenters. The van der Waals surface area contributed by atoms with Gasteiger partial charge in [0.1, 0.15) is 0 Å². The molecule has 2 amide bonds. The number of hydrogen-bond acceptors (Lipinski definition) is 3. The average Bonchev–Trinajstić information content (AvgIpc) is 2.30. The second-order valence-corrected chi connectivity index (χ2v) is 4.28. The number of aliphatic carboxylic acids is 1. The van der Waals surface area contributed by atoms with Crippen molar-refractivity contribution in [2.75, 3.05) is 13.7 Å². The molecule has 0 aliphatic carbocycles. The molecule has 106 valence electrons. The van der Waals surface area contributed by atoms with E-state index >= 15 is 0 Å². The van der Waals surface area contributed by atoms with Crippen LogP contribution in [0.4, 0.5) is 4.79 Å². The molecule has 0 saturated carbocycles. The summed E-state index contributed by atoms with van der Waals surface area (Å²) in [4.78, 5) is 22.2. The van der Waals surface area contributed by atoms with Gasteiger partial charge in [-0.2, -0.15) is 0 Å². The smallest absolute Gasteiger partial charge is 0.334 e. The van der Waals surface area contributed by atoms with Crippen LogP contribution in [0.5, 0.6) is 0 Å². The quantitative estimate of drug-likeness (QED) is 0.612. The van der Waals surface area contributed by atoms with Crippen molar-refractivity contribution in [2.45, 2.75) is 45.8 Å². The topological polar surface area (TPSA) is 87.7 Å². The molecule has 3 N–H and O–H groups in total. The lowest BCUT2D eigenvalue weighted by Crippen LogP contribution is -2.47. The maximum atomic E-state index is 11.6. The zero-order valence-corrected chi connectivity index (χ0v) is 11.5. The molecule has 0 aromatic heterocycles. The van der Waals surface area contributed by atoms with Crippen LogP contribution in [-0.2, 0) is 9.53 Å². The Balaban J connectivity index is 4.07. The summed E-state index contributed by atoms with van der Waals surface area (Å²) in [5, 5.41) is 14.0. The number of carboxylic acid groups (broad SMARTS) is 1. The van der Waals surface area contributed by atoms with E-state index in [1.54, 1.807) is 0 Å². The second kappa shape index (κ2) is 8.74. The molecule has 6 heteroatoms. The number of hydrogen-bond donors (Lipinski definition) is 3. The van der Waals surface area contributed by atoms with Crippen LogP contribution in [0, 0.1) is 5.92 Å². The third-order valence-corrected chi connectivity index (χ3v) is 3.12. The zero-order valence-electron chi connectivity index (χ0n) is 11.5. The van der Waals surface area contributed by atoms with Gasteiger partial charge in [0, 0.05) is 13.2 Å². The first kappa shape index (κ1) is 16.7. The fourth-order valence-electron chi connectivity index (χ4n) is 1.83. The Labute approximate surface area is 108 Å². The van der Waals surface area contributed by atoms with Gasteiger partial charge in [-0.05, 0) is 12.8 Å². The van der Waals surface area contributed by atoms with Gasteiger partial charge in [0.05, 0.1) is 6.54 Å². The Morgan fingerprint density at radius 2 is 1.83 bits per heavy atom. The summed E-state index contributed by atoms with van der Waals surface area (Å²) < 4.78 is 4.71. The van der Waals surface area contributed by atoms with Crippen LogP contribution in [0.15, 0.2) is 0 Å². The Hall–Kier alpha value is -1.30. The Bertz CT molecular complexity index is 267. The maximum absolute atomic E-state index is 11.6. The summed E-state index contributed by atoms with van der Waals surface area (Å²) in [6.07, 6.45) is 0.973. The molecule has 0 bridgehead atoms. The second-order valence-electron chi connectivity index (χ2n) is 4.28. The minimum absolute atomic E-state index is 0.0483. The molecule has 0 rings (SSSR count). The average molecular weight is 260 g/mol. The van der Waals surface area contributed by atoms with Crippen molar-refractivity contribution in [3.63, 3.8) is 0 Å². The normalized spacial score (nSPS) is 14.1. The molecule has 6 nitrogen and oxygen atoms in total. The highest BCUT2D eigenvalue weighted by Crippen LogP contribution is 2.12. The van der Waals surface area contributed by atoms with Crippen molar-refractivity contribution < 1.29 is 19.4 Å². The summed E-state index contributed by atoms with van der Waals surface area (Å²) in [7, 11) is 1.30. The molecule has 0 aliphatic heterocycles. The first-order valence-corrected chi connectivity index (χ1v) is 6.26. The number of amides is 2. The maximum Gasteiger partial charge on any atom is 0.334 e. The fraction of sp³-hybridized carbons (Fsp3) is 0.833. The van der Waals surface area contributed by atoms with Crippen molar-refractivity contribution in [3.05, 3.63) is 0 Å². The number of carbonyl (C=O) groups is 2. The van der Waals surface area contributed by atoms with Gasteiger partial charge in [0.2, 0.25) is 0 Å². The summed E-state index contributed by atoms with van der Waals surface area (Å²) in [6.45, 7) is 6.06. The van der Waals surface area contributed by atoms with Crippen molar-refractivity contribution in [3.8, 4) is 0 Å². The van der Waals surface area contributed by atoms with E-state index in [0.29, 0.717) is 5.92 Å². The van der Waals surface area contributed by atoms with E-state index < -0.39 is 12.1 Å². The molecular formula is C12H24N2O4. The van der Waals surface area contributed by atoms with E-state index in [-0.39, 0.29) is 18.6 Å². The molecule has 0 saturated heterocycles. The Morgan fingerprint density at radius 3 is 2.22 bits per heavy atom. The Morgan fingerprint density at radius 1 is 1.28 bits per heavy atom. The molecule has 0 fully saturated rings. The SMILES string of the molecule is CCC(CC)C(C)NC(=O)NCC(OC)C(=O)O. The number of nitrogens with one attached hydrogen (secondary N) is 2. The summed E-state index contributed by atoms with van der Waals surface area (Å²) in [5.41, 5.74) is 0. The lowest BCUT2D eigenvalue weighted by Gasteiger charge is -2.23. The molecule has 0 aliphatic rings. The Kier molecular flexibility index (Phi) is 8.11. The number of urea groups is 1. The van der Waals surface area contributed by atoms with Gasteiger partial charge in [0.15, 0.2) is 6.10 Å². The van der Waals surface area contributed by atoms with Crippen LogP contribution in [0.25, 0.3) is 0 Å². The molecule has 2 atom stereocenters. The van der Waals surface area contributed by atoms with E-state index in [1.165, 1.54) is 7.11 Å². The molecule has 0 aromatic carbocycles. The van der Waals surface area contributed by atoms with Crippen molar-refractivity contribution in [2.24, 2.45) is 5.92 Å². The van der Waals surface area contributed by atoms with Gasteiger partial charge in [-0.3, -0.25) is 0 Å². The third-order valence-electron chi connectivity index (χ3n) is 3.12. The van der Waals surface area contributed by atoms with Crippen molar-refractivity contribution in [1.29, 1.82) is 0 Å². The fourth-order valence-corrected chi connectivity index (χ4v) is 1.83. The minimum Gasteiger partial charge on any atom is -0.479 e. The first-order chi connectivity index (χ1) is 8.46. The highest BCUT2D eigenvalue weighted by atomic mass is 16.5. The van der Waals surface area contributed by atoms with Crippen LogP contribution in [0.3, 0.4) is 0 Å². The number of ether oxygens (including phenoxy) is 1. The highest BCUT2D eigenvalue weighted by molar-refractivity contribution is 5.77. The van der Waals surface area contributed by atoms with Gasteiger partial charge >= 0.3 is 12.0 Å². The van der Waals surface area contributed by atoms with E-state index in [4.69, 9.17) is 9.84 Å². The van der Waals surface area contributed by atoms with Gasteiger partial charge in [0.25, 0.3) is 0 Å². The lowest BCUT2D eigenvalue weighted by atomic mass is 9.96. The zero-order chi connectivity index (χ0) is 14.1. The van der Waals surface area contributed by atoms with Crippen LogP contribution >= 0.6 is 0 Å². The standard InChI is InChI=1S/C12H24N2O4/c1-5-9(6-2)8(3)14-12(17)13-7-10(18-4)11(15)16/h8-10H,5-7H2,1-4H3,(H,15,16)(H2,13,14,17). The van der Waals surface area contributed by atoms with Crippen LogP contribution in [-0.4, -0.2) is 42.9 Å². The summed E-state index contributed by atoms with van der Waals surface area (Å²) >= 11 is 0. The van der Waals surface area contributed by atoms with Gasteiger partial charge in [-0.1, -0.05) is 26.7 Å². The van der Waals surface area contributed by atoms with Gasteiger partial charge < -0.3 is 20.5 Å². The number of rotatable bonds is 8. The van der Waals surface area contributed by atoms with Crippen molar-refractivity contribution >= 4 is 12.0 Å². The van der Waals surface area contributed by atoms with Gasteiger partial charge in [-0.25, -0.2) is 9.59 Å². The van der Waals surface area contributed by atoms with Gasteiger partial charge in [-0.15, -0.1) is 0 Å². The predicted octanol–water partition coefficient (Wildman–Crippen LogP) is 1.21. The van der Waals surface area contributed by atoms with E-state index in [1.807, 2.05) is 6.92 Å². The van der Waals surface area contributed by atoms with Crippen LogP contribution in [0.2, 0.25) is 0 Å². The highest BCUT2D eigenvalue weighted by Gasteiger charge is 2.19. The number of methoxy groups -OCH3 is 1.